The predicted octanol–water partition coefficient (Wildman–Crippen LogP) is 21.3. The fraction of sp³-hybridized carbons (Fsp3) is 0.721. The minimum absolute atomic E-state index is 0.0789. The summed E-state index contributed by atoms with van der Waals surface area (Å²) in [5, 5.41) is 0. The summed E-state index contributed by atoms with van der Waals surface area (Å²) in [6.45, 7) is 6.49. The van der Waals surface area contributed by atoms with Gasteiger partial charge in [-0.3, -0.25) is 14.4 Å². The molecule has 6 heteroatoms. The van der Waals surface area contributed by atoms with Gasteiger partial charge in [0.2, 0.25) is 0 Å². The van der Waals surface area contributed by atoms with Gasteiger partial charge in [-0.2, -0.15) is 0 Å². The Labute approximate surface area is 457 Å². The SMILES string of the molecule is CC/C=C\C/C=C\C/C=C\C/C=C\C/C=C\C/C=C\C/C=C\CCCCCCCCCCCCCC(=O)OCC(COC(=O)CCCCCCCCC)OC(=O)CCCCCCC/C=C\CCCCCCCCC. The standard InChI is InChI=1S/C68H116O6/c1-4-7-10-13-16-18-20-22-24-26-27-28-29-30-31-32-33-34-35-36-37-38-39-40-41-42-44-45-47-49-52-55-58-61-67(70)73-64-65(63-72-66(69)60-57-54-51-15-12-9-6-3)74-68(71)62-59-56-53-50-48-46-43-25-23-21-19-17-14-11-8-5-2/h7,10,16,18,22,24-25,27-28,30-31,33-34,36-37,43,65H,4-6,8-9,11-15,17,19-21,23,26,29,32,35,38-42,44-64H2,1-3H3/b10-7-,18-16-,24-22-,28-27-,31-30-,34-33-,37-36-,43-25-. The van der Waals surface area contributed by atoms with E-state index in [1.165, 1.54) is 141 Å². The van der Waals surface area contributed by atoms with Crippen LogP contribution in [-0.2, 0) is 28.6 Å². The Morgan fingerprint density at radius 2 is 0.527 bits per heavy atom. The molecule has 0 saturated heterocycles. The van der Waals surface area contributed by atoms with Crippen LogP contribution in [0.4, 0.5) is 0 Å². The van der Waals surface area contributed by atoms with E-state index in [0.717, 1.165) is 116 Å². The van der Waals surface area contributed by atoms with Crippen molar-refractivity contribution in [1.29, 1.82) is 0 Å². The van der Waals surface area contributed by atoms with Crippen molar-refractivity contribution in [1.82, 2.24) is 0 Å². The minimum atomic E-state index is -0.779. The number of ether oxygens (including phenoxy) is 3. The number of esters is 3. The molecule has 0 aliphatic carbocycles. The number of carbonyl (C=O) groups is 3. The first-order chi connectivity index (χ1) is 36.5. The first-order valence-electron chi connectivity index (χ1n) is 31.2. The molecule has 0 amide bonds. The molecule has 0 aromatic rings. The lowest BCUT2D eigenvalue weighted by Gasteiger charge is -2.18. The van der Waals surface area contributed by atoms with Gasteiger partial charge in [0.05, 0.1) is 0 Å². The third kappa shape index (κ3) is 59.2. The molecule has 0 heterocycles. The molecule has 1 atom stereocenters. The Kier molecular flexibility index (Phi) is 58.8. The number of hydrogen-bond donors (Lipinski definition) is 0. The van der Waals surface area contributed by atoms with Crippen molar-refractivity contribution in [3.05, 3.63) is 97.2 Å². The number of carbonyl (C=O) groups excluding carboxylic acids is 3. The van der Waals surface area contributed by atoms with Crippen LogP contribution < -0.4 is 0 Å². The van der Waals surface area contributed by atoms with Crippen LogP contribution in [0.1, 0.15) is 297 Å². The Morgan fingerprint density at radius 3 is 0.838 bits per heavy atom. The highest BCUT2D eigenvalue weighted by atomic mass is 16.6. The number of allylic oxidation sites excluding steroid dienone is 16. The van der Waals surface area contributed by atoms with Gasteiger partial charge >= 0.3 is 17.9 Å². The minimum Gasteiger partial charge on any atom is -0.462 e. The average Bonchev–Trinajstić information content (AvgIpc) is 3.40. The third-order valence-corrected chi connectivity index (χ3v) is 13.3. The van der Waals surface area contributed by atoms with E-state index in [2.05, 4.69) is 118 Å². The second kappa shape index (κ2) is 61.9. The van der Waals surface area contributed by atoms with Crippen LogP contribution in [-0.4, -0.2) is 37.2 Å². The van der Waals surface area contributed by atoms with Crippen molar-refractivity contribution >= 4 is 17.9 Å². The van der Waals surface area contributed by atoms with E-state index in [0.29, 0.717) is 19.3 Å². The molecule has 1 unspecified atom stereocenters. The van der Waals surface area contributed by atoms with E-state index < -0.39 is 6.10 Å². The maximum Gasteiger partial charge on any atom is 0.306 e. The van der Waals surface area contributed by atoms with Gasteiger partial charge < -0.3 is 14.2 Å². The maximum absolute atomic E-state index is 12.8. The smallest absolute Gasteiger partial charge is 0.306 e. The van der Waals surface area contributed by atoms with Crippen molar-refractivity contribution < 1.29 is 28.6 Å². The van der Waals surface area contributed by atoms with Gasteiger partial charge in [0.15, 0.2) is 6.10 Å². The third-order valence-electron chi connectivity index (χ3n) is 13.3. The molecule has 74 heavy (non-hydrogen) atoms. The van der Waals surface area contributed by atoms with Crippen molar-refractivity contribution in [2.75, 3.05) is 13.2 Å². The molecular weight excluding hydrogens is 913 g/mol. The average molecular weight is 1030 g/mol. The number of hydrogen-bond acceptors (Lipinski definition) is 6. The highest BCUT2D eigenvalue weighted by Crippen LogP contribution is 2.16. The Morgan fingerprint density at radius 1 is 0.284 bits per heavy atom. The molecule has 0 spiro atoms. The Bertz CT molecular complexity index is 1460. The summed E-state index contributed by atoms with van der Waals surface area (Å²) in [6.07, 6.45) is 82.9. The van der Waals surface area contributed by atoms with Crippen molar-refractivity contribution in [3.63, 3.8) is 0 Å². The summed E-state index contributed by atoms with van der Waals surface area (Å²) < 4.78 is 16.8. The van der Waals surface area contributed by atoms with Crippen LogP contribution in [0, 0.1) is 0 Å². The summed E-state index contributed by atoms with van der Waals surface area (Å²) in [5.41, 5.74) is 0. The van der Waals surface area contributed by atoms with Gasteiger partial charge in [-0.1, -0.05) is 272 Å². The number of unbranched alkanes of at least 4 members (excludes halogenated alkanes) is 29. The summed E-state index contributed by atoms with van der Waals surface area (Å²) in [7, 11) is 0. The van der Waals surface area contributed by atoms with Gasteiger partial charge in [0.25, 0.3) is 0 Å². The number of rotatable bonds is 56. The highest BCUT2D eigenvalue weighted by molar-refractivity contribution is 5.71. The Balaban J connectivity index is 4.09. The van der Waals surface area contributed by atoms with Crippen LogP contribution in [0.15, 0.2) is 97.2 Å². The molecule has 0 aromatic carbocycles. The first kappa shape index (κ1) is 70.3. The molecule has 0 saturated carbocycles. The highest BCUT2D eigenvalue weighted by Gasteiger charge is 2.19. The molecular formula is C68H116O6. The second-order valence-corrected chi connectivity index (χ2v) is 20.6. The molecule has 424 valence electrons. The molecule has 0 rings (SSSR count). The topological polar surface area (TPSA) is 78.9 Å². The van der Waals surface area contributed by atoms with Gasteiger partial charge in [0, 0.05) is 19.3 Å². The van der Waals surface area contributed by atoms with E-state index in [1.54, 1.807) is 0 Å². The van der Waals surface area contributed by atoms with Crippen LogP contribution in [0.2, 0.25) is 0 Å². The monoisotopic (exact) mass is 1030 g/mol. The van der Waals surface area contributed by atoms with Gasteiger partial charge in [-0.05, 0) is 103 Å². The lowest BCUT2D eigenvalue weighted by molar-refractivity contribution is -0.167. The lowest BCUT2D eigenvalue weighted by Crippen LogP contribution is -2.30. The zero-order chi connectivity index (χ0) is 53.6. The molecule has 0 N–H and O–H groups in total. The lowest BCUT2D eigenvalue weighted by atomic mass is 10.0. The summed E-state index contributed by atoms with van der Waals surface area (Å²) in [5.74, 6) is -0.890. The van der Waals surface area contributed by atoms with Gasteiger partial charge in [-0.15, -0.1) is 0 Å². The van der Waals surface area contributed by atoms with Crippen molar-refractivity contribution in [2.24, 2.45) is 0 Å². The normalized spacial score (nSPS) is 12.7. The van der Waals surface area contributed by atoms with Crippen LogP contribution in [0.5, 0.6) is 0 Å². The van der Waals surface area contributed by atoms with Gasteiger partial charge in [-0.25, -0.2) is 0 Å². The quantitative estimate of drug-likeness (QED) is 0.0261. The summed E-state index contributed by atoms with van der Waals surface area (Å²) >= 11 is 0. The van der Waals surface area contributed by atoms with Gasteiger partial charge in [0.1, 0.15) is 13.2 Å². The molecule has 0 aliphatic rings. The fourth-order valence-corrected chi connectivity index (χ4v) is 8.65. The van der Waals surface area contributed by atoms with Crippen molar-refractivity contribution in [2.45, 2.75) is 303 Å². The van der Waals surface area contributed by atoms with Crippen LogP contribution >= 0.6 is 0 Å². The second-order valence-electron chi connectivity index (χ2n) is 20.6. The zero-order valence-electron chi connectivity index (χ0n) is 48.6. The molecule has 0 fully saturated rings. The van der Waals surface area contributed by atoms with Crippen LogP contribution in [0.3, 0.4) is 0 Å². The summed E-state index contributed by atoms with van der Waals surface area (Å²) in [6, 6.07) is 0. The molecule has 6 nitrogen and oxygen atoms in total. The molecule has 0 aliphatic heterocycles. The maximum atomic E-state index is 12.8. The van der Waals surface area contributed by atoms with E-state index in [9.17, 15) is 14.4 Å². The van der Waals surface area contributed by atoms with E-state index in [1.807, 2.05) is 0 Å². The molecule has 0 radical (unpaired) electrons. The Hall–Kier alpha value is -3.67. The van der Waals surface area contributed by atoms with E-state index >= 15 is 0 Å². The molecule has 0 aromatic heterocycles. The van der Waals surface area contributed by atoms with Crippen molar-refractivity contribution in [3.8, 4) is 0 Å². The molecule has 0 bridgehead atoms. The summed E-state index contributed by atoms with van der Waals surface area (Å²) in [4.78, 5) is 38.0. The first-order valence-corrected chi connectivity index (χ1v) is 31.2. The van der Waals surface area contributed by atoms with E-state index in [-0.39, 0.29) is 31.1 Å². The van der Waals surface area contributed by atoms with E-state index in [4.69, 9.17) is 14.2 Å². The largest absolute Gasteiger partial charge is 0.462 e. The predicted molar refractivity (Wildman–Crippen MR) is 320 cm³/mol. The van der Waals surface area contributed by atoms with Crippen LogP contribution in [0.25, 0.3) is 0 Å². The fourth-order valence-electron chi connectivity index (χ4n) is 8.65. The zero-order valence-corrected chi connectivity index (χ0v) is 48.6.